The van der Waals surface area contributed by atoms with Crippen molar-refractivity contribution in [2.24, 2.45) is 0 Å². The van der Waals surface area contributed by atoms with E-state index in [-0.39, 0.29) is 28.1 Å². The molecule has 0 unspecified atom stereocenters. The maximum Gasteiger partial charge on any atom is 0.255 e. The highest BCUT2D eigenvalue weighted by atomic mass is 32.2. The zero-order valence-corrected chi connectivity index (χ0v) is 15.7. The Morgan fingerprint density at radius 1 is 1.22 bits per heavy atom. The molecule has 0 aliphatic heterocycles. The van der Waals surface area contributed by atoms with Gasteiger partial charge in [-0.2, -0.15) is 0 Å². The molecule has 0 aliphatic rings. The normalized spacial score (nSPS) is 11.6. The Morgan fingerprint density at radius 2 is 1.85 bits per heavy atom. The summed E-state index contributed by atoms with van der Waals surface area (Å²) in [5.74, 6) is -0.586. The number of carbonyl (C=O) groups excluding carboxylic acids is 1. The molecule has 2 radical (unpaired) electrons. The first-order valence-corrected chi connectivity index (χ1v) is 9.76. The summed E-state index contributed by atoms with van der Waals surface area (Å²) in [5.41, 5.74) is 1.43. The van der Waals surface area contributed by atoms with E-state index in [1.807, 2.05) is 0 Å². The van der Waals surface area contributed by atoms with Gasteiger partial charge in [0, 0.05) is 36.8 Å². The minimum Gasteiger partial charge on any atom is -0.455 e. The Labute approximate surface area is 157 Å². The largest absolute Gasteiger partial charge is 0.455 e. The van der Waals surface area contributed by atoms with Crippen molar-refractivity contribution >= 4 is 45.9 Å². The predicted molar refractivity (Wildman–Crippen MR) is 104 cm³/mol. The molecule has 1 N–H and O–H groups in total. The maximum absolute atomic E-state index is 13.2. The van der Waals surface area contributed by atoms with Crippen molar-refractivity contribution in [2.45, 2.75) is 0 Å². The Morgan fingerprint density at radius 3 is 2.41 bits per heavy atom. The zero-order valence-electron chi connectivity index (χ0n) is 14.9. The lowest BCUT2D eigenvalue weighted by Gasteiger charge is -2.19. The van der Waals surface area contributed by atoms with E-state index in [9.17, 15) is 17.6 Å². The van der Waals surface area contributed by atoms with Gasteiger partial charge in [-0.3, -0.25) is 9.10 Å². The molecule has 0 spiro atoms. The van der Waals surface area contributed by atoms with Gasteiger partial charge >= 0.3 is 0 Å². The highest BCUT2D eigenvalue weighted by Gasteiger charge is 2.24. The molecule has 0 saturated heterocycles. The summed E-state index contributed by atoms with van der Waals surface area (Å²) < 4.78 is 43.8. The molecule has 0 bridgehead atoms. The van der Waals surface area contributed by atoms with Crippen molar-refractivity contribution in [3.8, 4) is 11.3 Å². The van der Waals surface area contributed by atoms with E-state index in [2.05, 4.69) is 5.32 Å². The van der Waals surface area contributed by atoms with Gasteiger partial charge in [0.05, 0.1) is 11.8 Å². The van der Waals surface area contributed by atoms with E-state index in [1.54, 1.807) is 0 Å². The summed E-state index contributed by atoms with van der Waals surface area (Å²) in [7, 11) is 5.34. The fourth-order valence-electron chi connectivity index (χ4n) is 2.76. The van der Waals surface area contributed by atoms with Gasteiger partial charge in [-0.05, 0) is 24.3 Å². The molecular formula is C18H16BFN2O4S. The molecular weight excluding hydrogens is 370 g/mol. The van der Waals surface area contributed by atoms with Gasteiger partial charge in [0.25, 0.3) is 5.91 Å². The standard InChI is InChI=1S/C18H16BFN2O4S/c1-21-18(23)16-12-8-13(19)14(22(2)27(3,24)25)9-15(12)26-17(16)10-4-6-11(20)7-5-10/h4-9H,1-3H3,(H,21,23). The van der Waals surface area contributed by atoms with Gasteiger partial charge in [-0.15, -0.1) is 0 Å². The number of rotatable bonds is 4. The van der Waals surface area contributed by atoms with Crippen LogP contribution in [0, 0.1) is 5.82 Å². The summed E-state index contributed by atoms with van der Waals surface area (Å²) >= 11 is 0. The highest BCUT2D eigenvalue weighted by molar-refractivity contribution is 7.92. The van der Waals surface area contributed by atoms with E-state index in [0.717, 1.165) is 10.6 Å². The number of nitrogens with zero attached hydrogens (tertiary/aromatic N) is 1. The van der Waals surface area contributed by atoms with Crippen LogP contribution in [0.4, 0.5) is 10.1 Å². The van der Waals surface area contributed by atoms with Crippen LogP contribution in [0.1, 0.15) is 10.4 Å². The molecule has 1 aromatic heterocycles. The summed E-state index contributed by atoms with van der Waals surface area (Å²) in [4.78, 5) is 12.4. The molecule has 6 nitrogen and oxygen atoms in total. The number of carbonyl (C=O) groups is 1. The second kappa shape index (κ2) is 6.73. The van der Waals surface area contributed by atoms with E-state index in [4.69, 9.17) is 12.3 Å². The highest BCUT2D eigenvalue weighted by Crippen LogP contribution is 2.35. The molecule has 1 heterocycles. The topological polar surface area (TPSA) is 79.6 Å². The first-order chi connectivity index (χ1) is 12.6. The lowest BCUT2D eigenvalue weighted by Crippen LogP contribution is -2.29. The second-order valence-corrected chi connectivity index (χ2v) is 8.04. The van der Waals surface area contributed by atoms with Gasteiger partial charge in [-0.1, -0.05) is 11.5 Å². The predicted octanol–water partition coefficient (Wildman–Crippen LogP) is 1.79. The van der Waals surface area contributed by atoms with Gasteiger partial charge < -0.3 is 9.73 Å². The summed E-state index contributed by atoms with van der Waals surface area (Å²) in [6.45, 7) is 0. The number of amides is 1. The van der Waals surface area contributed by atoms with E-state index < -0.39 is 21.7 Å². The maximum atomic E-state index is 13.2. The first kappa shape index (κ1) is 19.0. The number of anilines is 1. The molecule has 0 atom stereocenters. The quantitative estimate of drug-likeness (QED) is 0.694. The molecule has 9 heteroatoms. The monoisotopic (exact) mass is 386 g/mol. The lowest BCUT2D eigenvalue weighted by molar-refractivity contribution is 0.0964. The van der Waals surface area contributed by atoms with E-state index >= 15 is 0 Å². The van der Waals surface area contributed by atoms with Crippen molar-refractivity contribution < 1.29 is 22.0 Å². The number of hydrogen-bond donors (Lipinski definition) is 1. The fraction of sp³-hybridized carbons (Fsp3) is 0.167. The molecule has 3 rings (SSSR count). The van der Waals surface area contributed by atoms with E-state index in [0.29, 0.717) is 10.9 Å². The first-order valence-electron chi connectivity index (χ1n) is 7.91. The Bertz CT molecular complexity index is 1140. The van der Waals surface area contributed by atoms with Crippen LogP contribution in [0.5, 0.6) is 0 Å². The van der Waals surface area contributed by atoms with Crippen LogP contribution in [0.25, 0.3) is 22.3 Å². The smallest absolute Gasteiger partial charge is 0.255 e. The fourth-order valence-corrected chi connectivity index (χ4v) is 3.27. The van der Waals surface area contributed by atoms with Gasteiger partial charge in [0.15, 0.2) is 0 Å². The van der Waals surface area contributed by atoms with Crippen molar-refractivity contribution in [3.05, 3.63) is 47.8 Å². The van der Waals surface area contributed by atoms with Crippen LogP contribution < -0.4 is 15.1 Å². The number of benzene rings is 2. The Hall–Kier alpha value is -2.81. The van der Waals surface area contributed by atoms with Crippen molar-refractivity contribution in [3.63, 3.8) is 0 Å². The van der Waals surface area contributed by atoms with Crippen LogP contribution in [0.3, 0.4) is 0 Å². The summed E-state index contributed by atoms with van der Waals surface area (Å²) in [6.07, 6.45) is 1.05. The Kier molecular flexibility index (Phi) is 4.73. The van der Waals surface area contributed by atoms with E-state index in [1.165, 1.54) is 50.5 Å². The summed E-state index contributed by atoms with van der Waals surface area (Å²) in [6, 6.07) is 8.46. The molecule has 2 aromatic carbocycles. The second-order valence-electron chi connectivity index (χ2n) is 6.03. The molecule has 1 amide bonds. The molecule has 0 fully saturated rings. The zero-order chi connectivity index (χ0) is 19.9. The number of furan rings is 1. The lowest BCUT2D eigenvalue weighted by atomic mass is 9.91. The number of halogens is 1. The van der Waals surface area contributed by atoms with Crippen LogP contribution in [-0.2, 0) is 10.0 Å². The average molecular weight is 386 g/mol. The molecule has 138 valence electrons. The minimum absolute atomic E-state index is 0.173. The van der Waals surface area contributed by atoms with Crippen molar-refractivity contribution in [2.75, 3.05) is 24.7 Å². The number of fused-ring (bicyclic) bond motifs is 1. The van der Waals surface area contributed by atoms with Gasteiger partial charge in [-0.25, -0.2) is 12.8 Å². The van der Waals surface area contributed by atoms with Crippen LogP contribution in [0.2, 0.25) is 0 Å². The van der Waals surface area contributed by atoms with Crippen LogP contribution in [-0.4, -0.2) is 42.5 Å². The third-order valence-corrected chi connectivity index (χ3v) is 5.43. The van der Waals surface area contributed by atoms with Crippen LogP contribution in [0.15, 0.2) is 40.8 Å². The van der Waals surface area contributed by atoms with Gasteiger partial charge in [0.1, 0.15) is 25.0 Å². The third-order valence-electron chi connectivity index (χ3n) is 4.23. The minimum atomic E-state index is -3.54. The third kappa shape index (κ3) is 3.42. The molecule has 3 aromatic rings. The number of nitrogens with one attached hydrogen (secondary N) is 1. The molecule has 27 heavy (non-hydrogen) atoms. The number of hydrogen-bond acceptors (Lipinski definition) is 4. The summed E-state index contributed by atoms with van der Waals surface area (Å²) in [5, 5.41) is 2.97. The van der Waals surface area contributed by atoms with Crippen LogP contribution >= 0.6 is 0 Å². The SMILES string of the molecule is [B]c1cc2c(C(=O)NC)c(-c3ccc(F)cc3)oc2cc1N(C)S(C)(=O)=O. The average Bonchev–Trinajstić information content (AvgIpc) is 2.97. The van der Waals surface area contributed by atoms with Crippen molar-refractivity contribution in [1.29, 1.82) is 0 Å². The molecule has 0 aliphatic carbocycles. The van der Waals surface area contributed by atoms with Crippen molar-refractivity contribution in [1.82, 2.24) is 5.32 Å². The molecule has 0 saturated carbocycles. The van der Waals surface area contributed by atoms with Gasteiger partial charge in [0.2, 0.25) is 10.0 Å². The Balaban J connectivity index is 2.30. The number of sulfonamides is 1.